The van der Waals surface area contributed by atoms with Gasteiger partial charge >= 0.3 is 0 Å². The Morgan fingerprint density at radius 3 is 2.65 bits per heavy atom. The van der Waals surface area contributed by atoms with Gasteiger partial charge in [-0.1, -0.05) is 48.0 Å². The van der Waals surface area contributed by atoms with Gasteiger partial charge in [-0.05, 0) is 37.0 Å². The Morgan fingerprint density at radius 1 is 1.15 bits per heavy atom. The van der Waals surface area contributed by atoms with Crippen molar-refractivity contribution in [1.29, 1.82) is 0 Å². The molecule has 1 atom stereocenters. The maximum Gasteiger partial charge on any atom is 0.241 e. The summed E-state index contributed by atoms with van der Waals surface area (Å²) in [5, 5.41) is 2.83. The smallest absolute Gasteiger partial charge is 0.241 e. The second-order valence-electron chi connectivity index (χ2n) is 6.71. The normalized spacial score (nSPS) is 14.0. The lowest BCUT2D eigenvalue weighted by molar-refractivity contribution is -0.123. The molecule has 0 spiro atoms. The molecule has 0 radical (unpaired) electrons. The number of hydrogen-bond acceptors (Lipinski definition) is 3. The molecule has 2 amide bonds. The van der Waals surface area contributed by atoms with Crippen molar-refractivity contribution >= 4 is 17.5 Å². The van der Waals surface area contributed by atoms with Crippen LogP contribution in [0.25, 0.3) is 0 Å². The zero-order valence-corrected chi connectivity index (χ0v) is 15.1. The van der Waals surface area contributed by atoms with Gasteiger partial charge in [0.25, 0.3) is 0 Å². The number of carbonyl (C=O) groups excluding carboxylic acids is 2. The summed E-state index contributed by atoms with van der Waals surface area (Å²) in [6, 6.07) is 14.9. The van der Waals surface area contributed by atoms with Crippen molar-refractivity contribution in [3.8, 4) is 0 Å². The number of hydrogen-bond donors (Lipinski definition) is 2. The topological polar surface area (TPSA) is 75.4 Å². The van der Waals surface area contributed by atoms with Crippen LogP contribution < -0.4 is 16.0 Å². The quantitative estimate of drug-likeness (QED) is 0.785. The summed E-state index contributed by atoms with van der Waals surface area (Å²) in [7, 11) is 0. The predicted octanol–water partition coefficient (Wildman–Crippen LogP) is 2.48. The van der Waals surface area contributed by atoms with Crippen molar-refractivity contribution in [3.05, 3.63) is 65.2 Å². The van der Waals surface area contributed by atoms with Gasteiger partial charge in [0.1, 0.15) is 6.04 Å². The summed E-state index contributed by atoms with van der Waals surface area (Å²) in [5.41, 5.74) is 10.2. The van der Waals surface area contributed by atoms with Crippen LogP contribution >= 0.6 is 0 Å². The van der Waals surface area contributed by atoms with Crippen LogP contribution in [-0.2, 0) is 16.0 Å². The number of anilines is 1. The van der Waals surface area contributed by atoms with E-state index in [1.807, 2.05) is 54.3 Å². The maximum atomic E-state index is 12.4. The Balaban J connectivity index is 1.43. The van der Waals surface area contributed by atoms with Crippen LogP contribution in [0.3, 0.4) is 0 Å². The molecule has 0 saturated carbocycles. The van der Waals surface area contributed by atoms with Crippen molar-refractivity contribution in [1.82, 2.24) is 5.32 Å². The first-order valence-electron chi connectivity index (χ1n) is 9.04. The van der Waals surface area contributed by atoms with Crippen molar-refractivity contribution in [2.24, 2.45) is 5.73 Å². The summed E-state index contributed by atoms with van der Waals surface area (Å²) in [5.74, 6) is -0.111. The van der Waals surface area contributed by atoms with Gasteiger partial charge in [0.05, 0.1) is 0 Å². The van der Waals surface area contributed by atoms with Gasteiger partial charge in [0, 0.05) is 25.2 Å². The molecular weight excluding hydrogens is 326 g/mol. The highest BCUT2D eigenvalue weighted by atomic mass is 16.2. The lowest BCUT2D eigenvalue weighted by Gasteiger charge is -2.17. The average molecular weight is 351 g/mol. The first kappa shape index (κ1) is 18.1. The lowest BCUT2D eigenvalue weighted by atomic mass is 10.1. The molecule has 26 heavy (non-hydrogen) atoms. The molecule has 3 rings (SSSR count). The summed E-state index contributed by atoms with van der Waals surface area (Å²) >= 11 is 0. The number of rotatable bonds is 6. The Bertz CT molecular complexity index is 786. The maximum absolute atomic E-state index is 12.4. The third kappa shape index (κ3) is 4.11. The van der Waals surface area contributed by atoms with Crippen molar-refractivity contribution in [3.63, 3.8) is 0 Å². The Labute approximate surface area is 154 Å². The van der Waals surface area contributed by atoms with Crippen molar-refractivity contribution < 1.29 is 9.59 Å². The number of nitrogens with zero attached hydrogens (tertiary/aromatic N) is 1. The number of nitrogens with two attached hydrogens (primary N) is 1. The fourth-order valence-corrected chi connectivity index (χ4v) is 3.22. The highest BCUT2D eigenvalue weighted by Crippen LogP contribution is 2.27. The molecule has 2 aromatic rings. The average Bonchev–Trinajstić information content (AvgIpc) is 3.09. The minimum absolute atomic E-state index is 0.104. The first-order chi connectivity index (χ1) is 12.6. The van der Waals surface area contributed by atoms with Crippen LogP contribution in [0.2, 0.25) is 0 Å². The number of para-hydroxylation sites is 1. The molecule has 1 aliphatic heterocycles. The van der Waals surface area contributed by atoms with E-state index >= 15 is 0 Å². The fraction of sp³-hybridized carbons (Fsp3) is 0.333. The molecule has 5 nitrogen and oxygen atoms in total. The molecule has 0 aliphatic carbocycles. The number of fused-ring (bicyclic) bond motifs is 1. The van der Waals surface area contributed by atoms with Gasteiger partial charge in [-0.15, -0.1) is 0 Å². The van der Waals surface area contributed by atoms with Crippen LogP contribution in [0.5, 0.6) is 0 Å². The molecule has 0 saturated heterocycles. The summed E-state index contributed by atoms with van der Waals surface area (Å²) in [6.07, 6.45) is 1.92. The van der Waals surface area contributed by atoms with E-state index in [-0.39, 0.29) is 11.8 Å². The molecule has 1 unspecified atom stereocenters. The van der Waals surface area contributed by atoms with Crippen LogP contribution in [0.1, 0.15) is 35.6 Å². The molecule has 0 fully saturated rings. The molecule has 1 aliphatic rings. The second-order valence-corrected chi connectivity index (χ2v) is 6.71. The molecule has 0 bridgehead atoms. The number of aryl methyl sites for hydroxylation is 1. The Kier molecular flexibility index (Phi) is 5.68. The number of amides is 2. The van der Waals surface area contributed by atoms with Crippen molar-refractivity contribution in [2.45, 2.75) is 32.2 Å². The van der Waals surface area contributed by atoms with E-state index in [0.717, 1.165) is 29.8 Å². The van der Waals surface area contributed by atoms with E-state index in [9.17, 15) is 9.59 Å². The molecule has 2 aromatic carbocycles. The van der Waals surface area contributed by atoms with E-state index in [2.05, 4.69) is 11.4 Å². The minimum atomic E-state index is -0.684. The summed E-state index contributed by atoms with van der Waals surface area (Å²) < 4.78 is 0. The van der Waals surface area contributed by atoms with Gasteiger partial charge in [-0.3, -0.25) is 9.59 Å². The number of nitrogens with one attached hydrogen (secondary N) is 1. The van der Waals surface area contributed by atoms with Gasteiger partial charge in [0.2, 0.25) is 11.8 Å². The van der Waals surface area contributed by atoms with Crippen LogP contribution in [0.4, 0.5) is 5.69 Å². The zero-order valence-electron chi connectivity index (χ0n) is 15.1. The van der Waals surface area contributed by atoms with Crippen molar-refractivity contribution in [2.75, 3.05) is 18.0 Å². The molecule has 0 aromatic heterocycles. The molecule has 3 N–H and O–H groups in total. The van der Waals surface area contributed by atoms with E-state index in [1.165, 1.54) is 5.56 Å². The Morgan fingerprint density at radius 2 is 1.88 bits per heavy atom. The van der Waals surface area contributed by atoms with E-state index in [0.29, 0.717) is 19.4 Å². The number of benzene rings is 2. The second kappa shape index (κ2) is 8.15. The molecule has 5 heteroatoms. The SMILES string of the molecule is Cc1ccc(C(N)C(=O)NCCCC(=O)N2CCc3ccccc32)cc1. The summed E-state index contributed by atoms with van der Waals surface area (Å²) in [4.78, 5) is 26.4. The third-order valence-corrected chi connectivity index (χ3v) is 4.77. The third-order valence-electron chi connectivity index (χ3n) is 4.77. The molecule has 136 valence electrons. The van der Waals surface area contributed by atoms with Crippen LogP contribution in [0, 0.1) is 6.92 Å². The minimum Gasteiger partial charge on any atom is -0.354 e. The molecule has 1 heterocycles. The van der Waals surface area contributed by atoms with Crippen LogP contribution in [-0.4, -0.2) is 24.9 Å². The molecular formula is C21H25N3O2. The number of carbonyl (C=O) groups is 2. The van der Waals surface area contributed by atoms with Gasteiger partial charge in [0.15, 0.2) is 0 Å². The van der Waals surface area contributed by atoms with E-state index in [4.69, 9.17) is 5.73 Å². The van der Waals surface area contributed by atoms with E-state index < -0.39 is 6.04 Å². The van der Waals surface area contributed by atoms with Crippen LogP contribution in [0.15, 0.2) is 48.5 Å². The van der Waals surface area contributed by atoms with E-state index in [1.54, 1.807) is 0 Å². The standard InChI is InChI=1S/C21H25N3O2/c1-15-8-10-17(11-9-15)20(22)21(26)23-13-4-7-19(25)24-14-12-16-5-2-3-6-18(16)24/h2-3,5-6,8-11,20H,4,7,12-14,22H2,1H3,(H,23,26). The highest BCUT2D eigenvalue weighted by molar-refractivity contribution is 5.95. The monoisotopic (exact) mass is 351 g/mol. The largest absolute Gasteiger partial charge is 0.354 e. The first-order valence-corrected chi connectivity index (χ1v) is 9.04. The lowest BCUT2D eigenvalue weighted by Crippen LogP contribution is -2.35. The van der Waals surface area contributed by atoms with Gasteiger partial charge < -0.3 is 16.0 Å². The zero-order chi connectivity index (χ0) is 18.5. The Hall–Kier alpha value is -2.66. The predicted molar refractivity (Wildman–Crippen MR) is 103 cm³/mol. The van der Waals surface area contributed by atoms with Gasteiger partial charge in [-0.2, -0.15) is 0 Å². The van der Waals surface area contributed by atoms with Gasteiger partial charge in [-0.25, -0.2) is 0 Å². The highest BCUT2D eigenvalue weighted by Gasteiger charge is 2.23. The summed E-state index contributed by atoms with van der Waals surface area (Å²) in [6.45, 7) is 3.17. The fourth-order valence-electron chi connectivity index (χ4n) is 3.22.